The van der Waals surface area contributed by atoms with Crippen molar-refractivity contribution in [3.63, 3.8) is 0 Å². The molecule has 43 heavy (non-hydrogen) atoms. The van der Waals surface area contributed by atoms with E-state index in [1.54, 1.807) is 0 Å². The molecule has 4 bridgehead atoms. The molecule has 0 saturated carbocycles. The summed E-state index contributed by atoms with van der Waals surface area (Å²) in [7, 11) is -2.77. The van der Waals surface area contributed by atoms with Gasteiger partial charge in [0.1, 0.15) is 30.5 Å². The van der Waals surface area contributed by atoms with Crippen LogP contribution in [-0.4, -0.2) is 97.3 Å². The molecule has 9 nitrogen and oxygen atoms in total. The summed E-state index contributed by atoms with van der Waals surface area (Å²) in [5.41, 5.74) is 0. The van der Waals surface area contributed by atoms with Gasteiger partial charge >= 0.3 is 50.5 Å². The first-order chi connectivity index (χ1) is 20.0. The van der Waals surface area contributed by atoms with Crippen molar-refractivity contribution in [1.82, 2.24) is 0 Å². The second-order valence-electron chi connectivity index (χ2n) is 11.9. The van der Waals surface area contributed by atoms with Gasteiger partial charge in [0, 0.05) is 5.92 Å². The van der Waals surface area contributed by atoms with Crippen LogP contribution in [0.2, 0.25) is 5.04 Å². The van der Waals surface area contributed by atoms with E-state index in [0.717, 1.165) is 0 Å². The molecule has 4 heterocycles. The number of rotatable bonds is 4. The van der Waals surface area contributed by atoms with Crippen LogP contribution in [0.15, 0.2) is 60.7 Å². The molecule has 10 atom stereocenters. The molecule has 4 N–H and O–H groups in total. The molecular weight excluding hydrogens is 913 g/mol. The van der Waals surface area contributed by atoms with Gasteiger partial charge in [-0.2, -0.15) is 0 Å². The van der Waals surface area contributed by atoms with E-state index in [9.17, 15) is 15.3 Å². The third-order valence-corrected chi connectivity index (χ3v) is 13.3. The Hall–Kier alpha value is 0.487. The molecule has 4 aliphatic rings. The van der Waals surface area contributed by atoms with Gasteiger partial charge in [0.15, 0.2) is 12.6 Å². The molecule has 0 spiro atoms. The SMILES string of the molecule is C.CC1[C@H](O)C(O[Si](c2ccccc2)(c2ccccc2)C(C)(C)C)[C@@H]2OC[C@H]1O2.I[I-]I.OC1[C@@H]2OC[C@@H](O2)C(O)[C@@H]1O. The molecule has 4 fully saturated rings. The number of ether oxygens (including phenoxy) is 4. The zero-order valence-corrected chi connectivity index (χ0v) is 31.4. The number of aliphatic hydroxyl groups is 4. The van der Waals surface area contributed by atoms with Crippen LogP contribution in [0.25, 0.3) is 0 Å². The largest absolute Gasteiger partial charge is 0.387 e. The van der Waals surface area contributed by atoms with Gasteiger partial charge in [-0.1, -0.05) is 95.8 Å². The molecule has 2 aromatic rings. The van der Waals surface area contributed by atoms with Crippen molar-refractivity contribution in [2.75, 3.05) is 13.2 Å². The first-order valence-electron chi connectivity index (χ1n) is 13.9. The number of benzene rings is 2. The fourth-order valence-electron chi connectivity index (χ4n) is 5.97. The third kappa shape index (κ3) is 8.14. The molecular formula is C30H44I3O9Si-. The van der Waals surface area contributed by atoms with Crippen molar-refractivity contribution < 1.29 is 57.1 Å². The number of fused-ring (bicyclic) bond motifs is 4. The molecule has 4 aliphatic heterocycles. The van der Waals surface area contributed by atoms with Crippen LogP contribution in [0, 0.1) is 5.92 Å². The van der Waals surface area contributed by atoms with Crippen molar-refractivity contribution in [2.45, 2.75) is 95.5 Å². The summed E-state index contributed by atoms with van der Waals surface area (Å²) in [6, 6.07) is 20.9. The smallest absolute Gasteiger partial charge is 0.186 e. The van der Waals surface area contributed by atoms with E-state index in [-0.39, 0.29) is 31.1 Å². The minimum absolute atomic E-state index is 0. The fraction of sp³-hybridized carbons (Fsp3) is 0.600. The minimum Gasteiger partial charge on any atom is -0.387 e. The number of aliphatic hydroxyl groups excluding tert-OH is 4. The average molecular weight is 957 g/mol. The Labute approximate surface area is 285 Å². The van der Waals surface area contributed by atoms with Crippen molar-refractivity contribution in [3.05, 3.63) is 60.7 Å². The van der Waals surface area contributed by atoms with Gasteiger partial charge in [0.05, 0.1) is 25.4 Å². The topological polar surface area (TPSA) is 127 Å². The molecule has 0 radical (unpaired) electrons. The van der Waals surface area contributed by atoms with Crippen molar-refractivity contribution in [1.29, 1.82) is 0 Å². The molecule has 0 aromatic heterocycles. The molecule has 6 rings (SSSR count). The molecule has 13 heteroatoms. The molecule has 2 aromatic carbocycles. The number of hydrogen-bond acceptors (Lipinski definition) is 9. The molecule has 4 saturated heterocycles. The van der Waals surface area contributed by atoms with E-state index in [0.29, 0.717) is 19.9 Å². The zero-order chi connectivity index (χ0) is 30.7. The van der Waals surface area contributed by atoms with Crippen LogP contribution in [0.5, 0.6) is 0 Å². The first kappa shape index (κ1) is 37.9. The average Bonchev–Trinajstić information content (AvgIpc) is 3.64. The second kappa shape index (κ2) is 16.5. The van der Waals surface area contributed by atoms with Crippen LogP contribution in [0.1, 0.15) is 35.1 Å². The maximum atomic E-state index is 11.1. The van der Waals surface area contributed by atoms with Crippen molar-refractivity contribution in [2.24, 2.45) is 5.92 Å². The minimum atomic E-state index is -2.77. The maximum Gasteiger partial charge on any atom is 0.186 e. The standard InChI is InChI=1S/C23H30O4Si.C6H10O5.CH4.I3/c1-16-19-15-25-22(26-19)21(20(16)24)27-28(23(2,3)4,17-11-7-5-8-12-17)18-13-9-6-10-14-18;7-3-2-1-10-6(11-2)5(9)4(3)8;;1-3-2/h5-14,16,19-22,24H,15H2,1-4H3;2-9H,1H2;1H4;/q;;;-1/t16?,19-,20+,21?,22-;2-,3?,4+,5?,6-;;/m11../s1. The van der Waals surface area contributed by atoms with Gasteiger partial charge in [-0.05, 0) is 15.4 Å². The van der Waals surface area contributed by atoms with E-state index in [1.807, 2.05) is 19.1 Å². The summed E-state index contributed by atoms with van der Waals surface area (Å²) in [5, 5.41) is 40.9. The van der Waals surface area contributed by atoms with Gasteiger partial charge < -0.3 is 43.8 Å². The van der Waals surface area contributed by atoms with Gasteiger partial charge in [-0.25, -0.2) is 0 Å². The fourth-order valence-corrected chi connectivity index (χ4v) is 10.6. The summed E-state index contributed by atoms with van der Waals surface area (Å²) in [6.45, 7) is 9.47. The molecule has 0 aliphatic carbocycles. The zero-order valence-electron chi connectivity index (χ0n) is 23.9. The molecule has 0 amide bonds. The summed E-state index contributed by atoms with van der Waals surface area (Å²) in [6.07, 6.45) is -6.28. The van der Waals surface area contributed by atoms with E-state index >= 15 is 0 Å². The van der Waals surface area contributed by atoms with Crippen molar-refractivity contribution in [3.8, 4) is 0 Å². The van der Waals surface area contributed by atoms with Crippen LogP contribution >= 0.6 is 37.2 Å². The third-order valence-electron chi connectivity index (χ3n) is 8.29. The molecule has 244 valence electrons. The Kier molecular flexibility index (Phi) is 14.6. The van der Waals surface area contributed by atoms with E-state index in [1.165, 1.54) is 10.4 Å². The van der Waals surface area contributed by atoms with E-state index in [4.69, 9.17) is 28.5 Å². The Morgan fingerprint density at radius 3 is 1.72 bits per heavy atom. The van der Waals surface area contributed by atoms with Crippen LogP contribution in [0.3, 0.4) is 0 Å². The predicted octanol–water partition coefficient (Wildman–Crippen LogP) is -0.0806. The van der Waals surface area contributed by atoms with Crippen LogP contribution < -0.4 is 23.6 Å². The summed E-state index contributed by atoms with van der Waals surface area (Å²) in [5.74, 6) is -0.0260. The van der Waals surface area contributed by atoms with E-state index in [2.05, 4.69) is 107 Å². The van der Waals surface area contributed by atoms with Gasteiger partial charge in [0.2, 0.25) is 0 Å². The monoisotopic (exact) mass is 957 g/mol. The maximum absolute atomic E-state index is 11.1. The normalized spacial score (nSPS) is 34.7. The Bertz CT molecular complexity index is 1050. The Morgan fingerprint density at radius 2 is 1.21 bits per heavy atom. The Morgan fingerprint density at radius 1 is 0.744 bits per heavy atom. The predicted molar refractivity (Wildman–Crippen MR) is 180 cm³/mol. The number of hydrogen-bond donors (Lipinski definition) is 4. The Balaban J connectivity index is 0.000000280. The summed E-state index contributed by atoms with van der Waals surface area (Å²) >= 11 is 5.30. The number of halogens is 3. The second-order valence-corrected chi connectivity index (χ2v) is 32.4. The van der Waals surface area contributed by atoms with Crippen molar-refractivity contribution >= 4 is 55.9 Å². The summed E-state index contributed by atoms with van der Waals surface area (Å²) < 4.78 is 28.9. The summed E-state index contributed by atoms with van der Waals surface area (Å²) in [4.78, 5) is 0. The molecule has 4 unspecified atom stereocenters. The van der Waals surface area contributed by atoms with Gasteiger partial charge in [-0.15, -0.1) is 0 Å². The van der Waals surface area contributed by atoms with Crippen LogP contribution in [0.4, 0.5) is 0 Å². The van der Waals surface area contributed by atoms with E-state index < -0.39 is 57.5 Å². The van der Waals surface area contributed by atoms with Gasteiger partial charge in [-0.3, -0.25) is 0 Å². The quantitative estimate of drug-likeness (QED) is 0.246. The van der Waals surface area contributed by atoms with Crippen LogP contribution in [-0.2, 0) is 23.4 Å². The first-order valence-corrected chi connectivity index (χ1v) is 28.4. The van der Waals surface area contributed by atoms with Gasteiger partial charge in [0.25, 0.3) is 8.32 Å².